The molecule has 0 saturated carbocycles. The monoisotopic (exact) mass is 286 g/mol. The second-order valence-electron chi connectivity index (χ2n) is 5.57. The van der Waals surface area contributed by atoms with Crippen LogP contribution >= 0.6 is 0 Å². The lowest BCUT2D eigenvalue weighted by atomic mass is 9.80. The zero-order valence-electron chi connectivity index (χ0n) is 10.4. The van der Waals surface area contributed by atoms with Gasteiger partial charge in [-0.2, -0.15) is 0 Å². The first-order valence-electron chi connectivity index (χ1n) is 6.57. The van der Waals surface area contributed by atoms with Gasteiger partial charge in [0.25, 0.3) is 0 Å². The summed E-state index contributed by atoms with van der Waals surface area (Å²) >= 11 is 0. The van der Waals surface area contributed by atoms with E-state index in [1.165, 1.54) is 0 Å². The lowest BCUT2D eigenvalue weighted by Gasteiger charge is -2.43. The zero-order valence-corrected chi connectivity index (χ0v) is 11.3. The van der Waals surface area contributed by atoms with Crippen molar-refractivity contribution in [2.45, 2.75) is 48.2 Å². The Hall–Kier alpha value is -0.810. The fraction of sp³-hybridized carbons (Fsp3) is 0.571. The van der Waals surface area contributed by atoms with Crippen LogP contribution in [0, 0.1) is 11.6 Å². The summed E-state index contributed by atoms with van der Waals surface area (Å²) in [6, 6.07) is 3.16. The molecule has 2 unspecified atom stereocenters. The molecule has 2 atom stereocenters. The van der Waals surface area contributed by atoms with Crippen LogP contribution in [0.15, 0.2) is 18.2 Å². The largest absolute Gasteiger partial charge is 0.385 e. The van der Waals surface area contributed by atoms with Gasteiger partial charge in [0.15, 0.2) is 0 Å². The van der Waals surface area contributed by atoms with Gasteiger partial charge in [0.1, 0.15) is 11.6 Å². The van der Waals surface area contributed by atoms with E-state index in [0.717, 1.165) is 37.5 Å². The molecule has 1 aromatic carbocycles. The molecule has 3 rings (SSSR count). The highest BCUT2D eigenvalue weighted by Crippen LogP contribution is 2.45. The van der Waals surface area contributed by atoms with Crippen LogP contribution in [-0.2, 0) is 16.4 Å². The van der Waals surface area contributed by atoms with Gasteiger partial charge in [-0.25, -0.2) is 8.78 Å². The van der Waals surface area contributed by atoms with Crippen LogP contribution in [0.2, 0.25) is 0 Å². The average molecular weight is 286 g/mol. The highest BCUT2D eigenvalue weighted by atomic mass is 32.2. The Morgan fingerprint density at radius 2 is 1.84 bits per heavy atom. The molecule has 104 valence electrons. The molecule has 2 saturated heterocycles. The number of hydrogen-bond acceptors (Lipinski definition) is 2. The third-order valence-electron chi connectivity index (χ3n) is 4.27. The third-order valence-corrected chi connectivity index (χ3v) is 6.39. The minimum absolute atomic E-state index is 0.0149. The summed E-state index contributed by atoms with van der Waals surface area (Å²) in [5.41, 5.74) is -1.36. The van der Waals surface area contributed by atoms with Crippen molar-refractivity contribution >= 4 is 10.8 Å². The lowest BCUT2D eigenvalue weighted by Crippen LogP contribution is -2.47. The van der Waals surface area contributed by atoms with Crippen molar-refractivity contribution in [3.8, 4) is 0 Å². The van der Waals surface area contributed by atoms with E-state index in [-0.39, 0.29) is 28.9 Å². The first kappa shape index (κ1) is 13.2. The highest BCUT2D eigenvalue weighted by molar-refractivity contribution is 7.86. The standard InChI is InChI=1S/C14H16F2O2S/c15-9-4-5-13(16)12(6-9)14(17)7-10-2-1-3-11(8-14)19(10)18/h4-6,10-11,17H,1-3,7-8H2. The molecule has 0 amide bonds. The molecule has 2 nitrogen and oxygen atoms in total. The minimum Gasteiger partial charge on any atom is -0.385 e. The van der Waals surface area contributed by atoms with Crippen LogP contribution in [0.3, 0.4) is 0 Å². The van der Waals surface area contributed by atoms with E-state index in [1.807, 2.05) is 0 Å². The SMILES string of the molecule is O=S1C2CCCC1CC(O)(c1cc(F)ccc1F)C2. The summed E-state index contributed by atoms with van der Waals surface area (Å²) in [7, 11) is -0.944. The maximum Gasteiger partial charge on any atom is 0.129 e. The number of benzene rings is 1. The van der Waals surface area contributed by atoms with E-state index in [9.17, 15) is 18.1 Å². The van der Waals surface area contributed by atoms with Gasteiger partial charge < -0.3 is 5.11 Å². The highest BCUT2D eigenvalue weighted by Gasteiger charge is 2.47. The third kappa shape index (κ3) is 2.23. The van der Waals surface area contributed by atoms with Gasteiger partial charge in [-0.15, -0.1) is 0 Å². The van der Waals surface area contributed by atoms with E-state index >= 15 is 0 Å². The van der Waals surface area contributed by atoms with E-state index in [0.29, 0.717) is 0 Å². The molecule has 0 aliphatic carbocycles. The summed E-state index contributed by atoms with van der Waals surface area (Å²) < 4.78 is 39.3. The Bertz CT molecular complexity index is 516. The maximum absolute atomic E-state index is 13.9. The quantitative estimate of drug-likeness (QED) is 0.861. The summed E-state index contributed by atoms with van der Waals surface area (Å²) in [4.78, 5) is 0. The zero-order chi connectivity index (χ0) is 13.6. The van der Waals surface area contributed by atoms with Crippen molar-refractivity contribution in [1.29, 1.82) is 0 Å². The molecule has 2 bridgehead atoms. The molecule has 0 radical (unpaired) electrons. The van der Waals surface area contributed by atoms with Gasteiger partial charge in [0.05, 0.1) is 5.60 Å². The fourth-order valence-corrected chi connectivity index (χ4v) is 5.58. The number of halogens is 2. The predicted molar refractivity (Wildman–Crippen MR) is 69.1 cm³/mol. The van der Waals surface area contributed by atoms with Crippen LogP contribution in [0.25, 0.3) is 0 Å². The molecular formula is C14H16F2O2S. The van der Waals surface area contributed by atoms with Crippen LogP contribution < -0.4 is 0 Å². The summed E-state index contributed by atoms with van der Waals surface area (Å²) in [5, 5.41) is 10.5. The summed E-state index contributed by atoms with van der Waals surface area (Å²) in [6.45, 7) is 0. The first-order valence-corrected chi connectivity index (χ1v) is 7.84. The van der Waals surface area contributed by atoms with Gasteiger partial charge in [0, 0.05) is 26.9 Å². The van der Waals surface area contributed by atoms with Crippen molar-refractivity contribution in [3.05, 3.63) is 35.4 Å². The van der Waals surface area contributed by atoms with Crippen molar-refractivity contribution in [3.63, 3.8) is 0 Å². The van der Waals surface area contributed by atoms with Gasteiger partial charge in [-0.05, 0) is 43.9 Å². The smallest absolute Gasteiger partial charge is 0.129 e. The Labute approximate surface area is 113 Å². The molecular weight excluding hydrogens is 270 g/mol. The Morgan fingerprint density at radius 3 is 2.47 bits per heavy atom. The molecule has 0 spiro atoms. The summed E-state index contributed by atoms with van der Waals surface area (Å²) in [6.07, 6.45) is 3.11. The molecule has 2 fully saturated rings. The molecule has 2 aliphatic rings. The van der Waals surface area contributed by atoms with Crippen LogP contribution in [0.1, 0.15) is 37.7 Å². The number of rotatable bonds is 1. The van der Waals surface area contributed by atoms with Crippen molar-refractivity contribution in [2.75, 3.05) is 0 Å². The van der Waals surface area contributed by atoms with Crippen LogP contribution in [0.4, 0.5) is 8.78 Å². The summed E-state index contributed by atoms with van der Waals surface area (Å²) in [5.74, 6) is -1.14. The van der Waals surface area contributed by atoms with Crippen molar-refractivity contribution in [2.24, 2.45) is 0 Å². The maximum atomic E-state index is 13.9. The lowest BCUT2D eigenvalue weighted by molar-refractivity contribution is 0.00308. The first-order chi connectivity index (χ1) is 8.99. The van der Waals surface area contributed by atoms with Gasteiger partial charge in [0.2, 0.25) is 0 Å². The average Bonchev–Trinajstić information content (AvgIpc) is 2.34. The Balaban J connectivity index is 1.99. The van der Waals surface area contributed by atoms with Crippen LogP contribution in [0.5, 0.6) is 0 Å². The fourth-order valence-electron chi connectivity index (χ4n) is 3.36. The second-order valence-corrected chi connectivity index (χ2v) is 7.56. The van der Waals surface area contributed by atoms with Gasteiger partial charge in [-0.3, -0.25) is 4.21 Å². The minimum atomic E-state index is -1.38. The van der Waals surface area contributed by atoms with E-state index < -0.39 is 28.0 Å². The van der Waals surface area contributed by atoms with Gasteiger partial charge in [-0.1, -0.05) is 6.42 Å². The Morgan fingerprint density at radius 1 is 1.21 bits per heavy atom. The molecule has 0 aromatic heterocycles. The Kier molecular flexibility index (Phi) is 3.21. The molecule has 1 N–H and O–H groups in total. The van der Waals surface area contributed by atoms with E-state index in [1.54, 1.807) is 0 Å². The predicted octanol–water partition coefficient (Wildman–Crippen LogP) is 2.62. The normalized spacial score (nSPS) is 38.2. The molecule has 2 aliphatic heterocycles. The van der Waals surface area contributed by atoms with E-state index in [2.05, 4.69) is 0 Å². The number of aliphatic hydroxyl groups is 1. The van der Waals surface area contributed by atoms with Crippen molar-refractivity contribution < 1.29 is 18.1 Å². The molecule has 1 aromatic rings. The topological polar surface area (TPSA) is 37.3 Å². The number of hydrogen-bond donors (Lipinski definition) is 1. The van der Waals surface area contributed by atoms with Crippen molar-refractivity contribution in [1.82, 2.24) is 0 Å². The van der Waals surface area contributed by atoms with E-state index in [4.69, 9.17) is 0 Å². The molecule has 19 heavy (non-hydrogen) atoms. The van der Waals surface area contributed by atoms with Gasteiger partial charge >= 0.3 is 0 Å². The number of fused-ring (bicyclic) bond motifs is 2. The molecule has 2 heterocycles. The molecule has 5 heteroatoms. The second kappa shape index (κ2) is 4.63. The van der Waals surface area contributed by atoms with Crippen LogP contribution in [-0.4, -0.2) is 19.8 Å².